The quantitative estimate of drug-likeness (QED) is 0.856. The summed E-state index contributed by atoms with van der Waals surface area (Å²) in [5.74, 6) is 1.87. The standard InChI is InChI=1S/C15H27N3O/c1-5-19-12(4)10-18-14-6-7-16-9-13(14)17-15(18)8-11(2)3/h11-12,16H,5-10H2,1-4H3. The average Bonchev–Trinajstić information content (AvgIpc) is 2.67. The molecule has 1 aliphatic heterocycles. The van der Waals surface area contributed by atoms with Gasteiger partial charge in [0.15, 0.2) is 0 Å². The van der Waals surface area contributed by atoms with Gasteiger partial charge in [-0.25, -0.2) is 4.98 Å². The second-order valence-electron chi connectivity index (χ2n) is 5.82. The van der Waals surface area contributed by atoms with Crippen molar-refractivity contribution < 1.29 is 4.74 Å². The van der Waals surface area contributed by atoms with E-state index < -0.39 is 0 Å². The van der Waals surface area contributed by atoms with Gasteiger partial charge in [0, 0.05) is 38.2 Å². The molecule has 0 aromatic carbocycles. The molecule has 0 radical (unpaired) electrons. The Bertz CT molecular complexity index is 412. The van der Waals surface area contributed by atoms with Gasteiger partial charge in [0.2, 0.25) is 0 Å². The highest BCUT2D eigenvalue weighted by atomic mass is 16.5. The fraction of sp³-hybridized carbons (Fsp3) is 0.800. The molecular formula is C15H27N3O. The van der Waals surface area contributed by atoms with E-state index in [0.29, 0.717) is 5.92 Å². The van der Waals surface area contributed by atoms with E-state index in [0.717, 1.165) is 39.1 Å². The van der Waals surface area contributed by atoms with Gasteiger partial charge in [-0.2, -0.15) is 0 Å². The van der Waals surface area contributed by atoms with Crippen molar-refractivity contribution in [3.05, 3.63) is 17.2 Å². The van der Waals surface area contributed by atoms with Crippen LogP contribution in [-0.4, -0.2) is 28.8 Å². The van der Waals surface area contributed by atoms with Crippen LogP contribution in [0.4, 0.5) is 0 Å². The first-order valence-electron chi connectivity index (χ1n) is 7.51. The first-order chi connectivity index (χ1) is 9.11. The molecule has 0 saturated carbocycles. The Morgan fingerprint density at radius 2 is 2.16 bits per heavy atom. The molecule has 0 amide bonds. The molecule has 1 N–H and O–H groups in total. The SMILES string of the molecule is CCOC(C)Cn1c(CC(C)C)nc2c1CCNC2. The lowest BCUT2D eigenvalue weighted by Crippen LogP contribution is -2.27. The van der Waals surface area contributed by atoms with Gasteiger partial charge in [-0.3, -0.25) is 0 Å². The van der Waals surface area contributed by atoms with E-state index in [1.54, 1.807) is 0 Å². The van der Waals surface area contributed by atoms with Crippen molar-refractivity contribution in [2.24, 2.45) is 5.92 Å². The Balaban J connectivity index is 2.23. The number of nitrogens with one attached hydrogen (secondary N) is 1. The average molecular weight is 265 g/mol. The van der Waals surface area contributed by atoms with Crippen LogP contribution in [0.15, 0.2) is 0 Å². The van der Waals surface area contributed by atoms with Crippen LogP contribution in [0.1, 0.15) is 44.9 Å². The molecule has 1 atom stereocenters. The maximum Gasteiger partial charge on any atom is 0.109 e. The molecule has 1 unspecified atom stereocenters. The molecule has 4 heteroatoms. The molecule has 2 rings (SSSR count). The summed E-state index contributed by atoms with van der Waals surface area (Å²) in [6.45, 7) is 12.4. The maximum atomic E-state index is 5.70. The third-order valence-corrected chi connectivity index (χ3v) is 3.55. The molecular weight excluding hydrogens is 238 g/mol. The first kappa shape index (κ1) is 14.5. The van der Waals surface area contributed by atoms with Gasteiger partial charge in [0.05, 0.1) is 18.3 Å². The van der Waals surface area contributed by atoms with E-state index in [2.05, 4.69) is 37.6 Å². The number of hydrogen-bond donors (Lipinski definition) is 1. The summed E-state index contributed by atoms with van der Waals surface area (Å²) < 4.78 is 8.12. The monoisotopic (exact) mass is 265 g/mol. The first-order valence-corrected chi connectivity index (χ1v) is 7.51. The summed E-state index contributed by atoms with van der Waals surface area (Å²) in [6.07, 6.45) is 2.38. The number of rotatable bonds is 6. The molecule has 19 heavy (non-hydrogen) atoms. The topological polar surface area (TPSA) is 39.1 Å². The lowest BCUT2D eigenvalue weighted by atomic mass is 10.1. The van der Waals surface area contributed by atoms with Crippen molar-refractivity contribution in [3.8, 4) is 0 Å². The molecule has 2 heterocycles. The van der Waals surface area contributed by atoms with E-state index in [1.165, 1.54) is 17.2 Å². The van der Waals surface area contributed by atoms with E-state index in [9.17, 15) is 0 Å². The zero-order chi connectivity index (χ0) is 13.8. The third kappa shape index (κ3) is 3.57. The fourth-order valence-electron chi connectivity index (χ4n) is 2.76. The van der Waals surface area contributed by atoms with Gasteiger partial charge in [-0.1, -0.05) is 13.8 Å². The minimum absolute atomic E-state index is 0.254. The number of ether oxygens (including phenoxy) is 1. The molecule has 1 aliphatic rings. The highest BCUT2D eigenvalue weighted by molar-refractivity contribution is 5.20. The van der Waals surface area contributed by atoms with Crippen LogP contribution in [-0.2, 0) is 30.7 Å². The Hall–Kier alpha value is -0.870. The second kappa shape index (κ2) is 6.53. The molecule has 0 aliphatic carbocycles. The van der Waals surface area contributed by atoms with Crippen LogP contribution in [0, 0.1) is 5.92 Å². The van der Waals surface area contributed by atoms with E-state index >= 15 is 0 Å². The Morgan fingerprint density at radius 3 is 2.84 bits per heavy atom. The van der Waals surface area contributed by atoms with Crippen molar-refractivity contribution >= 4 is 0 Å². The van der Waals surface area contributed by atoms with Gasteiger partial charge < -0.3 is 14.6 Å². The normalized spacial score (nSPS) is 16.7. The van der Waals surface area contributed by atoms with Crippen molar-refractivity contribution in [3.63, 3.8) is 0 Å². The predicted molar refractivity (Wildman–Crippen MR) is 77.3 cm³/mol. The minimum Gasteiger partial charge on any atom is -0.377 e. The molecule has 0 saturated heterocycles. The van der Waals surface area contributed by atoms with E-state index in [4.69, 9.17) is 9.72 Å². The molecule has 1 aromatic heterocycles. The number of hydrogen-bond acceptors (Lipinski definition) is 3. The van der Waals surface area contributed by atoms with Crippen LogP contribution in [0.5, 0.6) is 0 Å². The van der Waals surface area contributed by atoms with Crippen LogP contribution in [0.2, 0.25) is 0 Å². The van der Waals surface area contributed by atoms with Crippen molar-refractivity contribution in [2.75, 3.05) is 13.2 Å². The Kier molecular flexibility index (Phi) is 4.99. The maximum absolute atomic E-state index is 5.70. The highest BCUT2D eigenvalue weighted by Crippen LogP contribution is 2.19. The summed E-state index contributed by atoms with van der Waals surface area (Å²) in [5.41, 5.74) is 2.66. The smallest absolute Gasteiger partial charge is 0.109 e. The summed E-state index contributed by atoms with van der Waals surface area (Å²) in [6, 6.07) is 0. The molecule has 0 fully saturated rings. The van der Waals surface area contributed by atoms with E-state index in [1.807, 2.05) is 0 Å². The number of nitrogens with zero attached hydrogens (tertiary/aromatic N) is 2. The second-order valence-corrected chi connectivity index (χ2v) is 5.82. The van der Waals surface area contributed by atoms with Crippen molar-refractivity contribution in [1.82, 2.24) is 14.9 Å². The van der Waals surface area contributed by atoms with E-state index in [-0.39, 0.29) is 6.10 Å². The Morgan fingerprint density at radius 1 is 1.37 bits per heavy atom. The lowest BCUT2D eigenvalue weighted by Gasteiger charge is -2.20. The largest absolute Gasteiger partial charge is 0.377 e. The van der Waals surface area contributed by atoms with Gasteiger partial charge >= 0.3 is 0 Å². The highest BCUT2D eigenvalue weighted by Gasteiger charge is 2.21. The van der Waals surface area contributed by atoms with Crippen LogP contribution in [0.3, 0.4) is 0 Å². The fourth-order valence-corrected chi connectivity index (χ4v) is 2.76. The number of fused-ring (bicyclic) bond motifs is 1. The van der Waals surface area contributed by atoms with Gasteiger partial charge in [-0.05, 0) is 19.8 Å². The summed E-state index contributed by atoms with van der Waals surface area (Å²) in [7, 11) is 0. The van der Waals surface area contributed by atoms with Crippen LogP contribution in [0.25, 0.3) is 0 Å². The van der Waals surface area contributed by atoms with Crippen molar-refractivity contribution in [1.29, 1.82) is 0 Å². The minimum atomic E-state index is 0.254. The molecule has 0 bridgehead atoms. The van der Waals surface area contributed by atoms with Gasteiger partial charge in [-0.15, -0.1) is 0 Å². The zero-order valence-electron chi connectivity index (χ0n) is 12.7. The third-order valence-electron chi connectivity index (χ3n) is 3.55. The molecule has 108 valence electrons. The number of imidazole rings is 1. The summed E-state index contributed by atoms with van der Waals surface area (Å²) in [4.78, 5) is 4.85. The Labute approximate surface area is 116 Å². The van der Waals surface area contributed by atoms with Crippen LogP contribution < -0.4 is 5.32 Å². The molecule has 4 nitrogen and oxygen atoms in total. The van der Waals surface area contributed by atoms with Crippen molar-refractivity contribution in [2.45, 2.75) is 59.7 Å². The lowest BCUT2D eigenvalue weighted by molar-refractivity contribution is 0.0627. The number of aromatic nitrogens is 2. The predicted octanol–water partition coefficient (Wildman–Crippen LogP) is 2.15. The molecule has 1 aromatic rings. The summed E-state index contributed by atoms with van der Waals surface area (Å²) in [5, 5.41) is 3.41. The van der Waals surface area contributed by atoms with Crippen LogP contribution >= 0.6 is 0 Å². The van der Waals surface area contributed by atoms with Gasteiger partial charge in [0.25, 0.3) is 0 Å². The van der Waals surface area contributed by atoms with Gasteiger partial charge in [0.1, 0.15) is 5.82 Å². The zero-order valence-corrected chi connectivity index (χ0v) is 12.7. The summed E-state index contributed by atoms with van der Waals surface area (Å²) >= 11 is 0. The molecule has 0 spiro atoms.